The number of hydrogen-bond acceptors (Lipinski definition) is 5. The van der Waals surface area contributed by atoms with E-state index in [1.54, 1.807) is 35.9 Å². The summed E-state index contributed by atoms with van der Waals surface area (Å²) in [5.41, 5.74) is -0.207. The van der Waals surface area contributed by atoms with Crippen LogP contribution in [0.25, 0.3) is 0 Å². The van der Waals surface area contributed by atoms with Gasteiger partial charge in [0.15, 0.2) is 11.0 Å². The first-order chi connectivity index (χ1) is 14.2. The summed E-state index contributed by atoms with van der Waals surface area (Å²) < 4.78 is 45.4. The summed E-state index contributed by atoms with van der Waals surface area (Å²) >= 11 is 7.05. The minimum atomic E-state index is -4.44. The van der Waals surface area contributed by atoms with Gasteiger partial charge in [-0.1, -0.05) is 35.5 Å². The Bertz CT molecular complexity index is 1040. The zero-order chi connectivity index (χ0) is 21.7. The lowest BCUT2D eigenvalue weighted by molar-refractivity contribution is -0.137. The lowest BCUT2D eigenvalue weighted by Crippen LogP contribution is -2.14. The van der Waals surface area contributed by atoms with E-state index in [2.05, 4.69) is 15.5 Å². The van der Waals surface area contributed by atoms with Crippen molar-refractivity contribution in [2.75, 3.05) is 11.1 Å². The topological polar surface area (TPSA) is 69.0 Å². The number of rotatable bonds is 7. The molecular weight excluding hydrogens is 441 g/mol. The van der Waals surface area contributed by atoms with Crippen molar-refractivity contribution in [1.82, 2.24) is 14.8 Å². The number of nitrogens with one attached hydrogen (secondary N) is 1. The number of anilines is 1. The van der Waals surface area contributed by atoms with Crippen LogP contribution in [0.15, 0.2) is 53.7 Å². The summed E-state index contributed by atoms with van der Waals surface area (Å²) in [6.07, 6.45) is -4.44. The molecule has 0 bridgehead atoms. The highest BCUT2D eigenvalue weighted by Gasteiger charge is 2.30. The van der Waals surface area contributed by atoms with Gasteiger partial charge < -0.3 is 14.6 Å². The third kappa shape index (κ3) is 5.90. The summed E-state index contributed by atoms with van der Waals surface area (Å²) in [7, 11) is 1.68. The molecule has 1 amide bonds. The Hall–Kier alpha value is -2.72. The van der Waals surface area contributed by atoms with Crippen LogP contribution in [0.3, 0.4) is 0 Å². The largest absolute Gasteiger partial charge is 0.486 e. The number of amides is 1. The fraction of sp³-hybridized carbons (Fsp3) is 0.211. The van der Waals surface area contributed by atoms with Gasteiger partial charge in [-0.05, 0) is 36.4 Å². The second-order valence-electron chi connectivity index (χ2n) is 6.12. The van der Waals surface area contributed by atoms with Crippen molar-refractivity contribution in [1.29, 1.82) is 0 Å². The Morgan fingerprint density at radius 2 is 1.97 bits per heavy atom. The van der Waals surface area contributed by atoms with Crippen LogP contribution in [0, 0.1) is 0 Å². The van der Waals surface area contributed by atoms with Gasteiger partial charge in [-0.2, -0.15) is 13.2 Å². The Labute approximate surface area is 179 Å². The van der Waals surface area contributed by atoms with Gasteiger partial charge in [-0.15, -0.1) is 10.2 Å². The molecule has 0 atom stereocenters. The number of carbonyl (C=O) groups excluding carboxylic acids is 1. The number of carbonyl (C=O) groups is 1. The maximum Gasteiger partial charge on any atom is 0.416 e. The molecule has 0 aliphatic heterocycles. The summed E-state index contributed by atoms with van der Waals surface area (Å²) in [5, 5.41) is 11.7. The van der Waals surface area contributed by atoms with E-state index in [1.807, 2.05) is 0 Å². The van der Waals surface area contributed by atoms with Gasteiger partial charge in [0.25, 0.3) is 0 Å². The predicted molar refractivity (Wildman–Crippen MR) is 108 cm³/mol. The highest BCUT2D eigenvalue weighted by Crippen LogP contribution is 2.31. The number of alkyl halides is 3. The zero-order valence-electron chi connectivity index (χ0n) is 15.6. The second kappa shape index (κ2) is 9.40. The minimum Gasteiger partial charge on any atom is -0.486 e. The molecule has 1 aromatic heterocycles. The molecule has 0 radical (unpaired) electrons. The number of benzene rings is 2. The van der Waals surface area contributed by atoms with Crippen molar-refractivity contribution >= 4 is 35.0 Å². The number of ether oxygens (including phenoxy) is 1. The lowest BCUT2D eigenvalue weighted by atomic mass is 10.2. The summed E-state index contributed by atoms with van der Waals surface area (Å²) in [5.74, 6) is 0.326. The molecule has 1 N–H and O–H groups in total. The van der Waals surface area contributed by atoms with E-state index in [-0.39, 0.29) is 24.0 Å². The Balaban J connectivity index is 1.55. The fourth-order valence-corrected chi connectivity index (χ4v) is 3.32. The monoisotopic (exact) mass is 456 g/mol. The third-order valence-electron chi connectivity index (χ3n) is 3.90. The fourth-order valence-electron chi connectivity index (χ4n) is 2.40. The molecule has 0 spiro atoms. The zero-order valence-corrected chi connectivity index (χ0v) is 17.2. The van der Waals surface area contributed by atoms with Crippen molar-refractivity contribution in [2.45, 2.75) is 17.9 Å². The van der Waals surface area contributed by atoms with E-state index in [9.17, 15) is 18.0 Å². The second-order valence-corrected chi connectivity index (χ2v) is 7.50. The maximum absolute atomic E-state index is 12.8. The molecular formula is C19H16ClF3N4O2S. The van der Waals surface area contributed by atoms with E-state index in [0.29, 0.717) is 21.7 Å². The molecule has 3 rings (SSSR count). The van der Waals surface area contributed by atoms with Gasteiger partial charge >= 0.3 is 6.18 Å². The average Bonchev–Trinajstić information content (AvgIpc) is 3.04. The third-order valence-corrected chi connectivity index (χ3v) is 5.15. The van der Waals surface area contributed by atoms with Crippen LogP contribution in [-0.4, -0.2) is 26.4 Å². The van der Waals surface area contributed by atoms with Crippen LogP contribution in [0.1, 0.15) is 11.4 Å². The number of hydrogen-bond donors (Lipinski definition) is 1. The minimum absolute atomic E-state index is 0.0694. The van der Waals surface area contributed by atoms with Crippen LogP contribution in [0.2, 0.25) is 5.02 Å². The molecule has 6 nitrogen and oxygen atoms in total. The highest BCUT2D eigenvalue weighted by molar-refractivity contribution is 7.99. The Kier molecular flexibility index (Phi) is 6.88. The Morgan fingerprint density at radius 3 is 2.70 bits per heavy atom. The van der Waals surface area contributed by atoms with E-state index in [0.717, 1.165) is 12.1 Å². The molecule has 0 aliphatic carbocycles. The number of thioether (sulfide) groups is 1. The predicted octanol–water partition coefficient (Wildman–Crippen LogP) is 4.80. The van der Waals surface area contributed by atoms with Crippen molar-refractivity contribution < 1.29 is 22.7 Å². The molecule has 3 aromatic rings. The first kappa shape index (κ1) is 22.0. The van der Waals surface area contributed by atoms with Gasteiger partial charge in [0.2, 0.25) is 5.91 Å². The van der Waals surface area contributed by atoms with Crippen LogP contribution < -0.4 is 10.1 Å². The smallest absolute Gasteiger partial charge is 0.416 e. The molecule has 1 heterocycles. The normalized spacial score (nSPS) is 11.4. The Morgan fingerprint density at radius 1 is 1.20 bits per heavy atom. The molecule has 0 unspecified atom stereocenters. The summed E-state index contributed by atoms with van der Waals surface area (Å²) in [4.78, 5) is 12.1. The maximum atomic E-state index is 12.8. The van der Waals surface area contributed by atoms with Crippen molar-refractivity contribution in [3.8, 4) is 5.75 Å². The first-order valence-corrected chi connectivity index (χ1v) is 9.95. The molecule has 0 fully saturated rings. The number of aromatic nitrogens is 3. The lowest BCUT2D eigenvalue weighted by Gasteiger charge is -2.10. The number of halogens is 4. The van der Waals surface area contributed by atoms with E-state index >= 15 is 0 Å². The van der Waals surface area contributed by atoms with Crippen LogP contribution in [0.5, 0.6) is 5.75 Å². The van der Waals surface area contributed by atoms with Crippen LogP contribution in [-0.2, 0) is 24.6 Å². The SMILES string of the molecule is Cn1c(COc2cccc(C(F)(F)F)c2)nnc1SCC(=O)Nc1cccc(Cl)c1. The van der Waals surface area contributed by atoms with E-state index in [1.165, 1.54) is 23.9 Å². The quantitative estimate of drug-likeness (QED) is 0.517. The van der Waals surface area contributed by atoms with E-state index in [4.69, 9.17) is 16.3 Å². The van der Waals surface area contributed by atoms with Gasteiger partial charge in [0, 0.05) is 17.8 Å². The van der Waals surface area contributed by atoms with Gasteiger partial charge in [0.05, 0.1) is 11.3 Å². The van der Waals surface area contributed by atoms with Crippen molar-refractivity contribution in [3.63, 3.8) is 0 Å². The average molecular weight is 457 g/mol. The van der Waals surface area contributed by atoms with Crippen LogP contribution >= 0.6 is 23.4 Å². The molecule has 158 valence electrons. The van der Waals surface area contributed by atoms with Crippen LogP contribution in [0.4, 0.5) is 18.9 Å². The number of nitrogens with zero attached hydrogens (tertiary/aromatic N) is 3. The van der Waals surface area contributed by atoms with E-state index < -0.39 is 11.7 Å². The molecule has 11 heteroatoms. The summed E-state index contributed by atoms with van der Waals surface area (Å²) in [6, 6.07) is 11.4. The molecule has 2 aromatic carbocycles. The summed E-state index contributed by atoms with van der Waals surface area (Å²) in [6.45, 7) is -0.0694. The highest BCUT2D eigenvalue weighted by atomic mass is 35.5. The first-order valence-electron chi connectivity index (χ1n) is 8.59. The van der Waals surface area contributed by atoms with Gasteiger partial charge in [-0.3, -0.25) is 4.79 Å². The van der Waals surface area contributed by atoms with Gasteiger partial charge in [0.1, 0.15) is 12.4 Å². The van der Waals surface area contributed by atoms with Crippen molar-refractivity contribution in [3.05, 3.63) is 64.9 Å². The molecule has 0 saturated heterocycles. The van der Waals surface area contributed by atoms with Gasteiger partial charge in [-0.25, -0.2) is 0 Å². The molecule has 0 saturated carbocycles. The standard InChI is InChI=1S/C19H16ClF3N4O2S/c1-27-16(10-29-15-7-2-4-12(8-15)19(21,22)23)25-26-18(27)30-11-17(28)24-14-6-3-5-13(20)9-14/h2-9H,10-11H2,1H3,(H,24,28). The van der Waals surface area contributed by atoms with Crippen molar-refractivity contribution in [2.24, 2.45) is 7.05 Å². The molecule has 30 heavy (non-hydrogen) atoms. The molecule has 0 aliphatic rings.